The van der Waals surface area contributed by atoms with Crippen LogP contribution in [0.2, 0.25) is 0 Å². The highest BCUT2D eigenvalue weighted by Gasteiger charge is 2.09. The zero-order valence-electron chi connectivity index (χ0n) is 12.5. The minimum absolute atomic E-state index is 0.961. The first kappa shape index (κ1) is 13.4. The fourth-order valence-electron chi connectivity index (χ4n) is 2.54. The van der Waals surface area contributed by atoms with Gasteiger partial charge >= 0.3 is 0 Å². The molecule has 0 N–H and O–H groups in total. The van der Waals surface area contributed by atoms with Crippen molar-refractivity contribution in [3.05, 3.63) is 71.4 Å². The van der Waals surface area contributed by atoms with Crippen LogP contribution in [-0.2, 0) is 0 Å². The normalized spacial score (nSPS) is 11.9. The smallest absolute Gasteiger partial charge is 0.116 e. The molecule has 3 heteroatoms. The molecule has 1 aromatic carbocycles. The zero-order chi connectivity index (χ0) is 14.8. The zero-order valence-corrected chi connectivity index (χ0v) is 12.5. The first-order chi connectivity index (χ1) is 10.2. The summed E-state index contributed by atoms with van der Waals surface area (Å²) in [6.45, 7) is 6.17. The lowest BCUT2D eigenvalue weighted by Gasteiger charge is -2.12. The van der Waals surface area contributed by atoms with Crippen molar-refractivity contribution in [1.82, 2.24) is 15.0 Å². The molecule has 3 nitrogen and oxygen atoms in total. The standard InChI is InChI=1S/C18H17N3/c1-4-16(17-7-12(2)9-20-13(17)3)14-5-6-18-15(8-14)10-19-11-21-18/h4-11H,1-3H3/b16-4-. The third kappa shape index (κ3) is 2.55. The van der Waals surface area contributed by atoms with Crippen LogP contribution in [0.15, 0.2) is 49.1 Å². The van der Waals surface area contributed by atoms with E-state index in [0.717, 1.165) is 22.2 Å². The van der Waals surface area contributed by atoms with E-state index in [2.05, 4.69) is 53.1 Å². The number of aromatic nitrogens is 3. The van der Waals surface area contributed by atoms with Crippen LogP contribution < -0.4 is 0 Å². The second-order valence-electron chi connectivity index (χ2n) is 5.14. The maximum atomic E-state index is 4.47. The lowest BCUT2D eigenvalue weighted by molar-refractivity contribution is 1.15. The highest BCUT2D eigenvalue weighted by molar-refractivity contribution is 5.87. The minimum Gasteiger partial charge on any atom is -0.261 e. The molecule has 3 aromatic rings. The first-order valence-corrected chi connectivity index (χ1v) is 6.99. The molecule has 3 rings (SSSR count). The number of nitrogens with zero attached hydrogens (tertiary/aromatic N) is 3. The summed E-state index contributed by atoms with van der Waals surface area (Å²) >= 11 is 0. The third-order valence-electron chi connectivity index (χ3n) is 3.62. The van der Waals surface area contributed by atoms with E-state index < -0.39 is 0 Å². The van der Waals surface area contributed by atoms with Gasteiger partial charge in [-0.25, -0.2) is 9.97 Å². The highest BCUT2D eigenvalue weighted by atomic mass is 14.8. The van der Waals surface area contributed by atoms with Gasteiger partial charge in [0.2, 0.25) is 0 Å². The maximum absolute atomic E-state index is 4.47. The number of rotatable bonds is 2. The van der Waals surface area contributed by atoms with Crippen LogP contribution >= 0.6 is 0 Å². The van der Waals surface area contributed by atoms with E-state index in [-0.39, 0.29) is 0 Å². The SMILES string of the molecule is C/C=C(/c1ccc2ncncc2c1)c1cc(C)cnc1C. The Bertz CT molecular complexity index is 835. The van der Waals surface area contributed by atoms with Crippen LogP contribution in [0.25, 0.3) is 16.5 Å². The molecule has 0 atom stereocenters. The van der Waals surface area contributed by atoms with Gasteiger partial charge < -0.3 is 0 Å². The molecule has 0 aliphatic rings. The molecule has 0 bridgehead atoms. The van der Waals surface area contributed by atoms with Crippen LogP contribution in [0.5, 0.6) is 0 Å². The number of fused-ring (bicyclic) bond motifs is 1. The number of allylic oxidation sites excluding steroid dienone is 1. The number of aryl methyl sites for hydroxylation is 2. The molecular formula is C18H17N3. The van der Waals surface area contributed by atoms with Crippen molar-refractivity contribution in [3.8, 4) is 0 Å². The molecule has 0 spiro atoms. The molecule has 0 radical (unpaired) electrons. The molecular weight excluding hydrogens is 258 g/mol. The van der Waals surface area contributed by atoms with Gasteiger partial charge in [0.05, 0.1) is 5.52 Å². The third-order valence-corrected chi connectivity index (χ3v) is 3.62. The summed E-state index contributed by atoms with van der Waals surface area (Å²) in [6, 6.07) is 8.46. The summed E-state index contributed by atoms with van der Waals surface area (Å²) in [6.07, 6.45) is 7.46. The predicted octanol–water partition coefficient (Wildman–Crippen LogP) is 4.09. The summed E-state index contributed by atoms with van der Waals surface area (Å²) < 4.78 is 0. The predicted molar refractivity (Wildman–Crippen MR) is 86.0 cm³/mol. The highest BCUT2D eigenvalue weighted by Crippen LogP contribution is 2.27. The largest absolute Gasteiger partial charge is 0.261 e. The Balaban J connectivity index is 2.16. The Kier molecular flexibility index (Phi) is 3.48. The fraction of sp³-hybridized carbons (Fsp3) is 0.167. The molecule has 0 saturated heterocycles. The minimum atomic E-state index is 0.961. The number of pyridine rings is 1. The van der Waals surface area contributed by atoms with Crippen molar-refractivity contribution in [2.45, 2.75) is 20.8 Å². The van der Waals surface area contributed by atoms with Gasteiger partial charge in [-0.05, 0) is 55.7 Å². The van der Waals surface area contributed by atoms with Crippen LogP contribution in [-0.4, -0.2) is 15.0 Å². The molecule has 21 heavy (non-hydrogen) atoms. The average Bonchev–Trinajstić information content (AvgIpc) is 2.51. The van der Waals surface area contributed by atoms with Crippen LogP contribution in [0.3, 0.4) is 0 Å². The van der Waals surface area contributed by atoms with Gasteiger partial charge in [-0.2, -0.15) is 0 Å². The summed E-state index contributed by atoms with van der Waals surface area (Å²) in [5, 5.41) is 1.05. The number of benzene rings is 1. The van der Waals surface area contributed by atoms with E-state index in [1.54, 1.807) is 6.33 Å². The Labute approximate surface area is 124 Å². The quantitative estimate of drug-likeness (QED) is 0.707. The van der Waals surface area contributed by atoms with Crippen molar-refractivity contribution >= 4 is 16.5 Å². The maximum Gasteiger partial charge on any atom is 0.116 e. The van der Waals surface area contributed by atoms with Gasteiger partial charge in [0.15, 0.2) is 0 Å². The lowest BCUT2D eigenvalue weighted by Crippen LogP contribution is -1.95. The number of hydrogen-bond acceptors (Lipinski definition) is 3. The molecule has 0 amide bonds. The van der Waals surface area contributed by atoms with E-state index in [1.165, 1.54) is 16.7 Å². The van der Waals surface area contributed by atoms with Crippen LogP contribution in [0.4, 0.5) is 0 Å². The summed E-state index contributed by atoms with van der Waals surface area (Å²) in [5.74, 6) is 0. The van der Waals surface area contributed by atoms with Crippen molar-refractivity contribution < 1.29 is 0 Å². The molecule has 0 unspecified atom stereocenters. The molecule has 0 fully saturated rings. The first-order valence-electron chi connectivity index (χ1n) is 6.99. The van der Waals surface area contributed by atoms with Crippen molar-refractivity contribution in [2.75, 3.05) is 0 Å². The Hall–Kier alpha value is -2.55. The average molecular weight is 275 g/mol. The van der Waals surface area contributed by atoms with Crippen molar-refractivity contribution in [1.29, 1.82) is 0 Å². The second kappa shape index (κ2) is 5.44. The second-order valence-corrected chi connectivity index (χ2v) is 5.14. The van der Waals surface area contributed by atoms with Crippen molar-refractivity contribution in [2.24, 2.45) is 0 Å². The molecule has 0 saturated carbocycles. The van der Waals surface area contributed by atoms with Gasteiger partial charge in [0.1, 0.15) is 6.33 Å². The van der Waals surface area contributed by atoms with Gasteiger partial charge in [0, 0.05) is 29.0 Å². The topological polar surface area (TPSA) is 38.7 Å². The Morgan fingerprint density at radius 2 is 1.90 bits per heavy atom. The monoisotopic (exact) mass is 275 g/mol. The molecule has 0 aliphatic heterocycles. The summed E-state index contributed by atoms with van der Waals surface area (Å²) in [4.78, 5) is 12.8. The molecule has 104 valence electrons. The van der Waals surface area contributed by atoms with Gasteiger partial charge in [0.25, 0.3) is 0 Å². The lowest BCUT2D eigenvalue weighted by atomic mass is 9.95. The van der Waals surface area contributed by atoms with E-state index in [1.807, 2.05) is 25.4 Å². The van der Waals surface area contributed by atoms with Crippen LogP contribution in [0, 0.1) is 13.8 Å². The fourth-order valence-corrected chi connectivity index (χ4v) is 2.54. The Morgan fingerprint density at radius 1 is 1.05 bits per heavy atom. The van der Waals surface area contributed by atoms with E-state index in [0.29, 0.717) is 0 Å². The van der Waals surface area contributed by atoms with Crippen molar-refractivity contribution in [3.63, 3.8) is 0 Å². The summed E-state index contributed by atoms with van der Waals surface area (Å²) in [7, 11) is 0. The van der Waals surface area contributed by atoms with Crippen LogP contribution in [0.1, 0.15) is 29.3 Å². The molecule has 2 heterocycles. The molecule has 2 aromatic heterocycles. The van der Waals surface area contributed by atoms with Gasteiger partial charge in [-0.15, -0.1) is 0 Å². The number of hydrogen-bond donors (Lipinski definition) is 0. The molecule has 0 aliphatic carbocycles. The Morgan fingerprint density at radius 3 is 2.71 bits per heavy atom. The van der Waals surface area contributed by atoms with E-state index in [9.17, 15) is 0 Å². The van der Waals surface area contributed by atoms with Gasteiger partial charge in [-0.1, -0.05) is 12.1 Å². The summed E-state index contributed by atoms with van der Waals surface area (Å²) in [5.41, 5.74) is 6.69. The van der Waals surface area contributed by atoms with E-state index >= 15 is 0 Å². The van der Waals surface area contributed by atoms with Gasteiger partial charge in [-0.3, -0.25) is 4.98 Å². The van der Waals surface area contributed by atoms with E-state index in [4.69, 9.17) is 0 Å².